The molecule has 3 rings (SSSR count). The van der Waals surface area contributed by atoms with Gasteiger partial charge in [-0.2, -0.15) is 7.06 Å². The van der Waals surface area contributed by atoms with Gasteiger partial charge in [0.15, 0.2) is 0 Å². The fourth-order valence-corrected chi connectivity index (χ4v) is 2.90. The maximum atomic E-state index is 11.6. The summed E-state index contributed by atoms with van der Waals surface area (Å²) in [6.45, 7) is 0.243. The van der Waals surface area contributed by atoms with Crippen LogP contribution in [0.3, 0.4) is 0 Å². The van der Waals surface area contributed by atoms with Crippen LogP contribution in [0, 0.1) is 0 Å². The number of carboxylic acids is 1. The topological polar surface area (TPSA) is 63.6 Å². The highest BCUT2D eigenvalue weighted by Crippen LogP contribution is 2.44. The predicted octanol–water partition coefficient (Wildman–Crippen LogP) is 1.26. The molecule has 0 amide bonds. The number of rotatable bonds is 5. The first-order chi connectivity index (χ1) is 12.1. The van der Waals surface area contributed by atoms with Crippen LogP contribution >= 0.6 is 0 Å². The Morgan fingerprint density at radius 1 is 1.04 bits per heavy atom. The minimum Gasteiger partial charge on any atom is -0.481 e. The van der Waals surface area contributed by atoms with Crippen molar-refractivity contribution in [3.05, 3.63) is 59.7 Å². The van der Waals surface area contributed by atoms with Crippen molar-refractivity contribution in [2.75, 3.05) is 6.61 Å². The van der Waals surface area contributed by atoms with Gasteiger partial charge in [0.2, 0.25) is 0 Å². The molecular formula is C18H19B3O4-. The number of ether oxygens (including phenoxy) is 1. The summed E-state index contributed by atoms with van der Waals surface area (Å²) >= 11 is 0. The highest BCUT2D eigenvalue weighted by Gasteiger charge is 2.28. The minimum atomic E-state index is -0.992. The highest BCUT2D eigenvalue weighted by molar-refractivity contribution is 7.17. The van der Waals surface area contributed by atoms with Crippen molar-refractivity contribution >= 4 is 34.5 Å². The molecule has 0 saturated heterocycles. The molecule has 0 fully saturated rings. The van der Waals surface area contributed by atoms with E-state index >= 15 is 0 Å². The average Bonchev–Trinajstić information content (AvgIpc) is 2.93. The van der Waals surface area contributed by atoms with E-state index in [4.69, 9.17) is 17.6 Å². The van der Waals surface area contributed by atoms with Gasteiger partial charge in [-0.05, 0) is 30.0 Å². The maximum Gasteiger partial charge on any atom is 0.306 e. The molecule has 7 heteroatoms. The lowest BCUT2D eigenvalue weighted by molar-refractivity contribution is -0.147. The van der Waals surface area contributed by atoms with E-state index in [1.54, 1.807) is 7.06 Å². The second kappa shape index (κ2) is 9.16. The fraction of sp³-hybridized carbons (Fsp3) is 0.222. The number of esters is 1. The van der Waals surface area contributed by atoms with E-state index in [2.05, 4.69) is 12.1 Å². The number of hydrogen-bond donors (Lipinski definition) is 1. The first-order valence-electron chi connectivity index (χ1n) is 7.56. The van der Waals surface area contributed by atoms with Gasteiger partial charge in [0.1, 0.15) is 6.61 Å². The molecule has 2 aromatic rings. The molecule has 0 atom stereocenters. The van der Waals surface area contributed by atoms with Crippen LogP contribution < -0.4 is 0 Å². The third kappa shape index (κ3) is 4.78. The van der Waals surface area contributed by atoms with E-state index in [0.717, 1.165) is 11.1 Å². The van der Waals surface area contributed by atoms with Crippen LogP contribution in [-0.4, -0.2) is 46.2 Å². The lowest BCUT2D eigenvalue weighted by atomic mass is 9.40. The molecule has 1 aliphatic rings. The molecule has 3 radical (unpaired) electrons. The van der Waals surface area contributed by atoms with Gasteiger partial charge in [-0.3, -0.25) is 9.59 Å². The summed E-state index contributed by atoms with van der Waals surface area (Å²) in [5.74, 6) is -1.45. The van der Waals surface area contributed by atoms with Crippen molar-refractivity contribution in [1.82, 2.24) is 0 Å². The summed E-state index contributed by atoms with van der Waals surface area (Å²) in [5, 5.41) is 8.59. The van der Waals surface area contributed by atoms with E-state index in [0.29, 0.717) is 7.74 Å². The molecule has 25 heavy (non-hydrogen) atoms. The zero-order valence-electron chi connectivity index (χ0n) is 13.1. The quantitative estimate of drug-likeness (QED) is 0.662. The van der Waals surface area contributed by atoms with Crippen molar-refractivity contribution in [2.45, 2.75) is 18.8 Å². The van der Waals surface area contributed by atoms with Crippen LogP contribution in [0.5, 0.6) is 0 Å². The second-order valence-corrected chi connectivity index (χ2v) is 5.30. The molecule has 1 aliphatic carbocycles. The Hall–Kier alpha value is -2.43. The molecule has 0 spiro atoms. The first kappa shape index (κ1) is 18.9. The highest BCUT2D eigenvalue weighted by atomic mass is 16.5. The Balaban J connectivity index is 0.000000701. The molecule has 0 aliphatic heterocycles. The van der Waals surface area contributed by atoms with Crippen LogP contribution in [0.2, 0.25) is 0 Å². The standard InChI is InChI=1S/C18H16O4.B3H3/c19-17(20)9-10-18(21)22-11-16-14-7-3-1-5-12(14)13-6-2-4-8-15(13)16;1-3-2/h1-8,16H,9-11H2,(H,19,20);1H3/q;-1. The van der Waals surface area contributed by atoms with E-state index in [9.17, 15) is 9.59 Å². The van der Waals surface area contributed by atoms with Crippen LogP contribution in [0.15, 0.2) is 48.5 Å². The van der Waals surface area contributed by atoms with Crippen LogP contribution in [0.25, 0.3) is 11.1 Å². The molecule has 0 saturated carbocycles. The Labute approximate surface area is 150 Å². The predicted molar refractivity (Wildman–Crippen MR) is 103 cm³/mol. The number of hydrogen-bond acceptors (Lipinski definition) is 3. The number of carbonyl (C=O) groups excluding carboxylic acids is 1. The Kier molecular flexibility index (Phi) is 6.93. The van der Waals surface area contributed by atoms with Crippen molar-refractivity contribution in [1.29, 1.82) is 0 Å². The summed E-state index contributed by atoms with van der Waals surface area (Å²) < 4.78 is 5.29. The Bertz CT molecular complexity index is 703. The fourth-order valence-electron chi connectivity index (χ4n) is 2.90. The molecule has 4 nitrogen and oxygen atoms in total. The van der Waals surface area contributed by atoms with E-state index < -0.39 is 11.9 Å². The number of fused-ring (bicyclic) bond motifs is 3. The smallest absolute Gasteiger partial charge is 0.306 e. The van der Waals surface area contributed by atoms with Crippen molar-refractivity contribution in [3.8, 4) is 11.1 Å². The average molecular weight is 332 g/mol. The van der Waals surface area contributed by atoms with E-state index in [1.165, 1.54) is 11.1 Å². The number of aliphatic carboxylic acids is 1. The first-order valence-corrected chi connectivity index (χ1v) is 7.56. The van der Waals surface area contributed by atoms with Crippen LogP contribution in [-0.2, 0) is 14.3 Å². The largest absolute Gasteiger partial charge is 0.481 e. The second-order valence-electron chi connectivity index (χ2n) is 5.30. The normalized spacial score (nSPS) is 11.6. The lowest BCUT2D eigenvalue weighted by Crippen LogP contribution is -2.13. The lowest BCUT2D eigenvalue weighted by Gasteiger charge is -2.13. The van der Waals surface area contributed by atoms with Crippen molar-refractivity contribution in [3.63, 3.8) is 0 Å². The van der Waals surface area contributed by atoms with Crippen LogP contribution in [0.4, 0.5) is 0 Å². The number of carbonyl (C=O) groups is 2. The maximum absolute atomic E-state index is 11.6. The summed E-state index contributed by atoms with van der Waals surface area (Å²) in [7, 11) is 7.00. The van der Waals surface area contributed by atoms with Gasteiger partial charge in [-0.1, -0.05) is 56.3 Å². The molecule has 0 heterocycles. The van der Waals surface area contributed by atoms with Crippen molar-refractivity contribution < 1.29 is 19.4 Å². The molecule has 0 aromatic heterocycles. The third-order valence-corrected chi connectivity index (χ3v) is 3.92. The SMILES string of the molecule is O=C(O)CCC(=O)OCC1c2ccccc2-c2ccccc21.[B][B][BH3-]. The van der Waals surface area contributed by atoms with E-state index in [-0.39, 0.29) is 25.4 Å². The van der Waals surface area contributed by atoms with Gasteiger partial charge in [-0.15, -0.1) is 0 Å². The van der Waals surface area contributed by atoms with Gasteiger partial charge in [0.25, 0.3) is 0 Å². The van der Waals surface area contributed by atoms with Crippen LogP contribution in [0.1, 0.15) is 29.9 Å². The Morgan fingerprint density at radius 3 is 2.00 bits per heavy atom. The van der Waals surface area contributed by atoms with Gasteiger partial charge in [0, 0.05) is 5.92 Å². The summed E-state index contributed by atoms with van der Waals surface area (Å²) in [6.07, 6.45) is -0.290. The molecule has 125 valence electrons. The number of carboxylic acid groups (broad SMARTS) is 1. The number of benzene rings is 2. The zero-order valence-corrected chi connectivity index (χ0v) is 13.1. The van der Waals surface area contributed by atoms with Crippen molar-refractivity contribution in [2.24, 2.45) is 0 Å². The zero-order chi connectivity index (χ0) is 18.2. The summed E-state index contributed by atoms with van der Waals surface area (Å²) in [4.78, 5) is 22.1. The van der Waals surface area contributed by atoms with Gasteiger partial charge < -0.3 is 9.84 Å². The third-order valence-electron chi connectivity index (χ3n) is 3.92. The Morgan fingerprint density at radius 2 is 1.52 bits per heavy atom. The summed E-state index contributed by atoms with van der Waals surface area (Å²) in [5.41, 5.74) is 4.64. The van der Waals surface area contributed by atoms with E-state index in [1.807, 2.05) is 36.4 Å². The molecule has 0 bridgehead atoms. The minimum absolute atomic E-state index is 0.0150. The van der Waals surface area contributed by atoms with Gasteiger partial charge in [0.05, 0.1) is 12.8 Å². The summed E-state index contributed by atoms with van der Waals surface area (Å²) in [6, 6.07) is 16.2. The molecule has 2 aromatic carbocycles. The molecule has 1 N–H and O–H groups in total. The van der Waals surface area contributed by atoms with Gasteiger partial charge in [-0.25, -0.2) is 0 Å². The monoisotopic (exact) mass is 332 g/mol. The molecule has 0 unspecified atom stereocenters. The van der Waals surface area contributed by atoms with Gasteiger partial charge >= 0.3 is 11.9 Å². The molecular weight excluding hydrogens is 313 g/mol.